The van der Waals surface area contributed by atoms with E-state index >= 15 is 0 Å². The molecule has 0 atom stereocenters. The Morgan fingerprint density at radius 1 is 1.21 bits per heavy atom. The molecule has 6 nitrogen and oxygen atoms in total. The van der Waals surface area contributed by atoms with Crippen LogP contribution >= 0.6 is 11.3 Å². The van der Waals surface area contributed by atoms with Crippen molar-refractivity contribution in [2.75, 3.05) is 0 Å². The van der Waals surface area contributed by atoms with Crippen LogP contribution in [0.4, 0.5) is 0 Å². The van der Waals surface area contributed by atoms with Gasteiger partial charge in [0.25, 0.3) is 0 Å². The van der Waals surface area contributed by atoms with Crippen molar-refractivity contribution in [1.29, 1.82) is 0 Å². The van der Waals surface area contributed by atoms with Gasteiger partial charge in [0.1, 0.15) is 10.5 Å². The summed E-state index contributed by atoms with van der Waals surface area (Å²) >= 11 is 1.65. The number of benzene rings is 1. The molecule has 0 saturated carbocycles. The van der Waals surface area contributed by atoms with Crippen LogP contribution in [-0.4, -0.2) is 29.5 Å². The van der Waals surface area contributed by atoms with Gasteiger partial charge in [-0.3, -0.25) is 4.98 Å². The fourth-order valence-electron chi connectivity index (χ4n) is 3.69. The molecule has 0 bridgehead atoms. The molecular weight excluding hydrogens is 380 g/mol. The molecule has 0 saturated heterocycles. The predicted molar refractivity (Wildman–Crippen MR) is 118 cm³/mol. The van der Waals surface area contributed by atoms with E-state index in [2.05, 4.69) is 51.8 Å². The standard InChI is InChI=1S/C22H20N6S/c1-13(2)22-24-21-20(29-22)18-17(28(21)12-15-8-6-5-7-9-15)10-16(11-23-18)19-14(3)25-26-27(19)4/h5-11H,1,12H2,2-4H3. The first-order chi connectivity index (χ1) is 14.0. The molecule has 5 rings (SSSR count). The molecule has 5 aromatic rings. The highest BCUT2D eigenvalue weighted by Crippen LogP contribution is 2.36. The summed E-state index contributed by atoms with van der Waals surface area (Å²) in [5, 5.41) is 9.28. The van der Waals surface area contributed by atoms with Crippen molar-refractivity contribution in [3.05, 3.63) is 65.4 Å². The van der Waals surface area contributed by atoms with Crippen LogP contribution in [0.15, 0.2) is 49.2 Å². The summed E-state index contributed by atoms with van der Waals surface area (Å²) in [5.74, 6) is 0. The molecule has 0 spiro atoms. The lowest BCUT2D eigenvalue weighted by molar-refractivity contribution is 0.719. The quantitative estimate of drug-likeness (QED) is 0.433. The number of aryl methyl sites for hydroxylation is 2. The SMILES string of the molecule is C=C(C)c1nc2c(s1)c1ncc(-c3c(C)nnn3C)cc1n2Cc1ccccc1. The van der Waals surface area contributed by atoms with Crippen LogP contribution in [-0.2, 0) is 13.6 Å². The van der Waals surface area contributed by atoms with E-state index in [9.17, 15) is 0 Å². The Morgan fingerprint density at radius 3 is 2.69 bits per heavy atom. The van der Waals surface area contributed by atoms with Crippen molar-refractivity contribution in [2.24, 2.45) is 7.05 Å². The monoisotopic (exact) mass is 400 g/mol. The average molecular weight is 401 g/mol. The zero-order chi connectivity index (χ0) is 20.1. The van der Waals surface area contributed by atoms with Crippen molar-refractivity contribution in [2.45, 2.75) is 20.4 Å². The number of allylic oxidation sites excluding steroid dienone is 1. The van der Waals surface area contributed by atoms with Crippen molar-refractivity contribution in [1.82, 2.24) is 29.5 Å². The van der Waals surface area contributed by atoms with Gasteiger partial charge in [0.05, 0.1) is 21.6 Å². The normalized spacial score (nSPS) is 11.6. The fraction of sp³-hybridized carbons (Fsp3) is 0.182. The summed E-state index contributed by atoms with van der Waals surface area (Å²) in [6.07, 6.45) is 1.90. The number of thiazole rings is 1. The zero-order valence-electron chi connectivity index (χ0n) is 16.5. The number of nitrogens with zero attached hydrogens (tertiary/aromatic N) is 6. The highest BCUT2D eigenvalue weighted by molar-refractivity contribution is 7.20. The molecule has 0 fully saturated rings. The molecule has 0 radical (unpaired) electrons. The van der Waals surface area contributed by atoms with Crippen LogP contribution in [0.1, 0.15) is 23.2 Å². The summed E-state index contributed by atoms with van der Waals surface area (Å²) in [6.45, 7) is 8.75. The molecule has 144 valence electrons. The zero-order valence-corrected chi connectivity index (χ0v) is 17.4. The first-order valence-electron chi connectivity index (χ1n) is 9.38. The van der Waals surface area contributed by atoms with Gasteiger partial charge in [-0.25, -0.2) is 9.67 Å². The van der Waals surface area contributed by atoms with Gasteiger partial charge in [0.2, 0.25) is 0 Å². The van der Waals surface area contributed by atoms with Crippen molar-refractivity contribution in [3.8, 4) is 11.3 Å². The minimum Gasteiger partial charge on any atom is -0.319 e. The second kappa shape index (κ2) is 6.63. The Morgan fingerprint density at radius 2 is 2.00 bits per heavy atom. The third kappa shape index (κ3) is 2.86. The van der Waals surface area contributed by atoms with Crippen LogP contribution in [0.25, 0.3) is 38.2 Å². The number of hydrogen-bond acceptors (Lipinski definition) is 5. The van der Waals surface area contributed by atoms with Gasteiger partial charge in [-0.1, -0.05) is 42.1 Å². The molecule has 4 aromatic heterocycles. The molecular formula is C22H20N6S. The summed E-state index contributed by atoms with van der Waals surface area (Å²) < 4.78 is 5.14. The molecule has 0 aliphatic heterocycles. The molecule has 1 aromatic carbocycles. The maximum Gasteiger partial charge on any atom is 0.154 e. The van der Waals surface area contributed by atoms with Gasteiger partial charge < -0.3 is 4.57 Å². The van der Waals surface area contributed by atoms with Gasteiger partial charge in [0.15, 0.2) is 5.65 Å². The predicted octanol–water partition coefficient (Wildman–Crippen LogP) is 4.83. The lowest BCUT2D eigenvalue weighted by Gasteiger charge is -2.08. The van der Waals surface area contributed by atoms with E-state index in [1.165, 1.54) is 5.56 Å². The molecule has 0 unspecified atom stereocenters. The van der Waals surface area contributed by atoms with Gasteiger partial charge in [-0.15, -0.1) is 16.4 Å². The minimum absolute atomic E-state index is 0.730. The first kappa shape index (κ1) is 17.8. The van der Waals surface area contributed by atoms with E-state index < -0.39 is 0 Å². The highest BCUT2D eigenvalue weighted by atomic mass is 32.1. The summed E-state index contributed by atoms with van der Waals surface area (Å²) in [7, 11) is 1.90. The lowest BCUT2D eigenvalue weighted by Crippen LogP contribution is -2.01. The van der Waals surface area contributed by atoms with E-state index in [4.69, 9.17) is 9.97 Å². The number of aromatic nitrogens is 6. The van der Waals surface area contributed by atoms with E-state index in [0.29, 0.717) is 0 Å². The third-order valence-corrected chi connectivity index (χ3v) is 6.27. The van der Waals surface area contributed by atoms with E-state index in [-0.39, 0.29) is 0 Å². The highest BCUT2D eigenvalue weighted by Gasteiger charge is 2.19. The van der Waals surface area contributed by atoms with Crippen LogP contribution in [0.2, 0.25) is 0 Å². The second-order valence-electron chi connectivity index (χ2n) is 7.26. The topological polar surface area (TPSA) is 61.4 Å². The largest absolute Gasteiger partial charge is 0.319 e. The van der Waals surface area contributed by atoms with Crippen LogP contribution in [0.3, 0.4) is 0 Å². The lowest BCUT2D eigenvalue weighted by atomic mass is 10.1. The average Bonchev–Trinajstić information content (AvgIpc) is 3.37. The Bertz CT molecular complexity index is 1350. The second-order valence-corrected chi connectivity index (χ2v) is 8.26. The van der Waals surface area contributed by atoms with Crippen LogP contribution in [0.5, 0.6) is 0 Å². The van der Waals surface area contributed by atoms with Gasteiger partial charge in [0, 0.05) is 25.4 Å². The van der Waals surface area contributed by atoms with Crippen LogP contribution < -0.4 is 0 Å². The van der Waals surface area contributed by atoms with Crippen LogP contribution in [0, 0.1) is 6.92 Å². The van der Waals surface area contributed by atoms with Crippen molar-refractivity contribution in [3.63, 3.8) is 0 Å². The number of fused-ring (bicyclic) bond motifs is 3. The van der Waals surface area contributed by atoms with Crippen molar-refractivity contribution >= 4 is 38.3 Å². The number of pyridine rings is 1. The molecule has 29 heavy (non-hydrogen) atoms. The number of hydrogen-bond donors (Lipinski definition) is 0. The number of rotatable bonds is 4. The Labute approximate surface area is 172 Å². The van der Waals surface area contributed by atoms with Gasteiger partial charge in [-0.05, 0) is 31.1 Å². The maximum absolute atomic E-state index is 4.89. The molecule has 0 N–H and O–H groups in total. The van der Waals surface area contributed by atoms with E-state index in [1.54, 1.807) is 16.0 Å². The Hall–Kier alpha value is -3.32. The Balaban J connectivity index is 1.78. The summed E-state index contributed by atoms with van der Waals surface area (Å²) in [5.41, 5.74) is 8.05. The van der Waals surface area contributed by atoms with Crippen molar-refractivity contribution < 1.29 is 0 Å². The molecule has 0 amide bonds. The molecule has 7 heteroatoms. The first-order valence-corrected chi connectivity index (χ1v) is 10.2. The smallest absolute Gasteiger partial charge is 0.154 e. The summed E-state index contributed by atoms with van der Waals surface area (Å²) in [6, 6.07) is 12.6. The van der Waals surface area contributed by atoms with E-state index in [1.807, 2.05) is 33.2 Å². The van der Waals surface area contributed by atoms with Gasteiger partial charge >= 0.3 is 0 Å². The summed E-state index contributed by atoms with van der Waals surface area (Å²) in [4.78, 5) is 9.72. The maximum atomic E-state index is 4.89. The third-order valence-electron chi connectivity index (χ3n) is 5.06. The fourth-order valence-corrected chi connectivity index (χ4v) is 4.69. The molecule has 0 aliphatic rings. The molecule has 4 heterocycles. The van der Waals surface area contributed by atoms with E-state index in [0.717, 1.165) is 55.5 Å². The molecule has 0 aliphatic carbocycles. The minimum atomic E-state index is 0.730. The van der Waals surface area contributed by atoms with Gasteiger partial charge in [-0.2, -0.15) is 0 Å². The Kier molecular flexibility index (Phi) is 4.06.